The number of nitrogens with one attached hydrogen (secondary N) is 1. The van der Waals surface area contributed by atoms with E-state index in [-0.39, 0.29) is 0 Å². The molecule has 0 bridgehead atoms. The molecule has 0 spiro atoms. The van der Waals surface area contributed by atoms with Crippen LogP contribution in [0.3, 0.4) is 0 Å². The van der Waals surface area contributed by atoms with Gasteiger partial charge in [0.15, 0.2) is 0 Å². The fourth-order valence-corrected chi connectivity index (χ4v) is 1.26. The predicted octanol–water partition coefficient (Wildman–Crippen LogP) is 1.30. The van der Waals surface area contributed by atoms with Crippen molar-refractivity contribution in [2.45, 2.75) is 20.3 Å². The van der Waals surface area contributed by atoms with Crippen LogP contribution in [-0.2, 0) is 14.2 Å². The maximum absolute atomic E-state index is 5.50. The van der Waals surface area contributed by atoms with Gasteiger partial charge in [-0.05, 0) is 25.4 Å². The van der Waals surface area contributed by atoms with E-state index in [9.17, 15) is 0 Å². The Labute approximate surface area is 99.6 Å². The Morgan fingerprint density at radius 2 is 1.81 bits per heavy atom. The molecule has 98 valence electrons. The van der Waals surface area contributed by atoms with Crippen molar-refractivity contribution >= 4 is 0 Å². The van der Waals surface area contributed by atoms with Crippen LogP contribution in [0, 0.1) is 5.92 Å². The van der Waals surface area contributed by atoms with Gasteiger partial charge in [0, 0.05) is 20.3 Å². The van der Waals surface area contributed by atoms with E-state index in [1.807, 2.05) is 0 Å². The quantitative estimate of drug-likeness (QED) is 0.516. The lowest BCUT2D eigenvalue weighted by Crippen LogP contribution is -2.24. The molecule has 0 heterocycles. The summed E-state index contributed by atoms with van der Waals surface area (Å²) in [6, 6.07) is 0. The average Bonchev–Trinajstić information content (AvgIpc) is 2.30. The third-order valence-corrected chi connectivity index (χ3v) is 2.15. The lowest BCUT2D eigenvalue weighted by molar-refractivity contribution is 0.0296. The minimum atomic E-state index is 0.563. The molecule has 1 atom stereocenters. The maximum atomic E-state index is 5.50. The molecule has 16 heavy (non-hydrogen) atoms. The van der Waals surface area contributed by atoms with Crippen molar-refractivity contribution in [3.8, 4) is 0 Å². The van der Waals surface area contributed by atoms with E-state index >= 15 is 0 Å². The predicted molar refractivity (Wildman–Crippen MR) is 65.8 cm³/mol. The van der Waals surface area contributed by atoms with E-state index in [0.717, 1.165) is 39.3 Å². The highest BCUT2D eigenvalue weighted by Crippen LogP contribution is 1.93. The molecule has 0 aliphatic carbocycles. The van der Waals surface area contributed by atoms with E-state index in [1.54, 1.807) is 7.11 Å². The lowest BCUT2D eigenvalue weighted by atomic mass is 10.2. The summed E-state index contributed by atoms with van der Waals surface area (Å²) in [5.41, 5.74) is 0. The first-order valence-electron chi connectivity index (χ1n) is 6.16. The fraction of sp³-hybridized carbons (Fsp3) is 1.00. The van der Waals surface area contributed by atoms with Crippen molar-refractivity contribution in [1.82, 2.24) is 5.32 Å². The topological polar surface area (TPSA) is 39.7 Å². The molecule has 0 saturated carbocycles. The summed E-state index contributed by atoms with van der Waals surface area (Å²) in [7, 11) is 1.70. The molecule has 0 amide bonds. The Bertz CT molecular complexity index is 133. The van der Waals surface area contributed by atoms with E-state index in [0.29, 0.717) is 19.1 Å². The fourth-order valence-electron chi connectivity index (χ4n) is 1.26. The molecule has 1 unspecified atom stereocenters. The van der Waals surface area contributed by atoms with Crippen LogP contribution >= 0.6 is 0 Å². The largest absolute Gasteiger partial charge is 0.385 e. The molecule has 0 rings (SSSR count). The molecule has 4 nitrogen and oxygen atoms in total. The minimum absolute atomic E-state index is 0.563. The second kappa shape index (κ2) is 12.9. The summed E-state index contributed by atoms with van der Waals surface area (Å²) in [6.07, 6.45) is 0.952. The van der Waals surface area contributed by atoms with Crippen molar-refractivity contribution in [3.05, 3.63) is 0 Å². The number of methoxy groups -OCH3 is 1. The van der Waals surface area contributed by atoms with Gasteiger partial charge in [-0.1, -0.05) is 13.8 Å². The van der Waals surface area contributed by atoms with Crippen LogP contribution in [0.15, 0.2) is 0 Å². The zero-order valence-corrected chi connectivity index (χ0v) is 11.0. The SMILES string of the molecule is CCNCC(C)COCCOCCCOC. The summed E-state index contributed by atoms with van der Waals surface area (Å²) in [5, 5.41) is 3.30. The number of hydrogen-bond acceptors (Lipinski definition) is 4. The molecule has 0 radical (unpaired) electrons. The van der Waals surface area contributed by atoms with Crippen molar-refractivity contribution in [1.29, 1.82) is 0 Å². The molecular weight excluding hydrogens is 206 g/mol. The molecule has 0 aromatic carbocycles. The monoisotopic (exact) mass is 233 g/mol. The van der Waals surface area contributed by atoms with Crippen LogP contribution in [0.4, 0.5) is 0 Å². The Morgan fingerprint density at radius 1 is 1.06 bits per heavy atom. The van der Waals surface area contributed by atoms with Gasteiger partial charge in [-0.25, -0.2) is 0 Å². The molecule has 1 N–H and O–H groups in total. The van der Waals surface area contributed by atoms with E-state index < -0.39 is 0 Å². The molecule has 0 fully saturated rings. The summed E-state index contributed by atoms with van der Waals surface area (Å²) in [4.78, 5) is 0. The smallest absolute Gasteiger partial charge is 0.0700 e. The molecule has 4 heteroatoms. The number of rotatable bonds is 12. The van der Waals surface area contributed by atoms with Gasteiger partial charge >= 0.3 is 0 Å². The van der Waals surface area contributed by atoms with Gasteiger partial charge in [0.2, 0.25) is 0 Å². The Hall–Kier alpha value is -0.160. The lowest BCUT2D eigenvalue weighted by Gasteiger charge is -2.12. The third-order valence-electron chi connectivity index (χ3n) is 2.15. The summed E-state index contributed by atoms with van der Waals surface area (Å²) < 4.78 is 15.8. The first-order chi connectivity index (χ1) is 7.81. The molecule has 0 aromatic heterocycles. The van der Waals surface area contributed by atoms with Crippen LogP contribution in [-0.4, -0.2) is 53.2 Å². The normalized spacial score (nSPS) is 12.9. The summed E-state index contributed by atoms with van der Waals surface area (Å²) in [6.45, 7) is 10.0. The van der Waals surface area contributed by atoms with Crippen molar-refractivity contribution in [2.75, 3.05) is 53.2 Å². The first kappa shape index (κ1) is 15.8. The van der Waals surface area contributed by atoms with Gasteiger partial charge in [0.05, 0.1) is 19.8 Å². The van der Waals surface area contributed by atoms with E-state index in [4.69, 9.17) is 14.2 Å². The molecule has 0 aromatic rings. The highest BCUT2D eigenvalue weighted by molar-refractivity contribution is 4.54. The van der Waals surface area contributed by atoms with Crippen LogP contribution in [0.25, 0.3) is 0 Å². The summed E-state index contributed by atoms with van der Waals surface area (Å²) in [5.74, 6) is 0.563. The van der Waals surface area contributed by atoms with Gasteiger partial charge in [-0.2, -0.15) is 0 Å². The van der Waals surface area contributed by atoms with Gasteiger partial charge in [-0.15, -0.1) is 0 Å². The molecule has 0 aliphatic rings. The van der Waals surface area contributed by atoms with Crippen LogP contribution in [0.2, 0.25) is 0 Å². The maximum Gasteiger partial charge on any atom is 0.0700 e. The van der Waals surface area contributed by atoms with Gasteiger partial charge in [-0.3, -0.25) is 0 Å². The van der Waals surface area contributed by atoms with Crippen molar-refractivity contribution in [2.24, 2.45) is 5.92 Å². The van der Waals surface area contributed by atoms with Crippen molar-refractivity contribution < 1.29 is 14.2 Å². The Morgan fingerprint density at radius 3 is 2.50 bits per heavy atom. The molecule has 0 saturated heterocycles. The van der Waals surface area contributed by atoms with Crippen molar-refractivity contribution in [3.63, 3.8) is 0 Å². The molecular formula is C12H27NO3. The zero-order chi connectivity index (χ0) is 12.1. The first-order valence-corrected chi connectivity index (χ1v) is 6.16. The second-order valence-corrected chi connectivity index (χ2v) is 3.95. The molecule has 0 aliphatic heterocycles. The van der Waals surface area contributed by atoms with Crippen LogP contribution < -0.4 is 5.32 Å². The second-order valence-electron chi connectivity index (χ2n) is 3.95. The highest BCUT2D eigenvalue weighted by Gasteiger charge is 2.00. The zero-order valence-electron chi connectivity index (χ0n) is 11.0. The van der Waals surface area contributed by atoms with Crippen LogP contribution in [0.1, 0.15) is 20.3 Å². The summed E-state index contributed by atoms with van der Waals surface area (Å²) >= 11 is 0. The third kappa shape index (κ3) is 11.9. The van der Waals surface area contributed by atoms with Gasteiger partial charge in [0.1, 0.15) is 0 Å². The van der Waals surface area contributed by atoms with Crippen LogP contribution in [0.5, 0.6) is 0 Å². The minimum Gasteiger partial charge on any atom is -0.385 e. The standard InChI is InChI=1S/C12H27NO3/c1-4-13-10-12(2)11-16-9-8-15-7-5-6-14-3/h12-13H,4-11H2,1-3H3. The van der Waals surface area contributed by atoms with E-state index in [1.165, 1.54) is 0 Å². The number of hydrogen-bond donors (Lipinski definition) is 1. The van der Waals surface area contributed by atoms with Gasteiger partial charge < -0.3 is 19.5 Å². The average molecular weight is 233 g/mol. The number of ether oxygens (including phenoxy) is 3. The highest BCUT2D eigenvalue weighted by atomic mass is 16.5. The Balaban J connectivity index is 3.02. The van der Waals surface area contributed by atoms with Gasteiger partial charge in [0.25, 0.3) is 0 Å². The van der Waals surface area contributed by atoms with E-state index in [2.05, 4.69) is 19.2 Å². The Kier molecular flexibility index (Phi) is 12.8.